The monoisotopic (exact) mass is 297 g/mol. The zero-order chi connectivity index (χ0) is 12.3. The molecule has 92 valence electrons. The van der Waals surface area contributed by atoms with Crippen LogP contribution in [-0.2, 0) is 0 Å². The molecule has 0 saturated heterocycles. The molecular formula is C14H19NOSe. The predicted octanol–water partition coefficient (Wildman–Crippen LogP) is 2.76. The quantitative estimate of drug-likeness (QED) is 0.855. The van der Waals surface area contributed by atoms with Gasteiger partial charge >= 0.3 is 109 Å². The van der Waals surface area contributed by atoms with E-state index in [1.54, 1.807) is 0 Å². The normalized spacial score (nSPS) is 24.5. The zero-order valence-corrected chi connectivity index (χ0v) is 12.1. The fourth-order valence-corrected chi connectivity index (χ4v) is 4.92. The predicted molar refractivity (Wildman–Crippen MR) is 72.8 cm³/mol. The first-order chi connectivity index (χ1) is 8.19. The average molecular weight is 296 g/mol. The molecule has 0 aliphatic carbocycles. The maximum atomic E-state index is 9.82. The SMILES string of the molecule is CCC[C@@H]1C[C@@H](O)N=C(c2ccc(C)cc2)[Se]1. The Kier molecular flexibility index (Phi) is 4.38. The van der Waals surface area contributed by atoms with E-state index in [0.29, 0.717) is 19.8 Å². The number of rotatable bonds is 3. The fourth-order valence-electron chi connectivity index (χ4n) is 2.00. The van der Waals surface area contributed by atoms with Crippen molar-refractivity contribution in [1.29, 1.82) is 0 Å². The topological polar surface area (TPSA) is 32.6 Å². The summed E-state index contributed by atoms with van der Waals surface area (Å²) in [5.74, 6) is 0. The number of aryl methyl sites for hydroxylation is 1. The van der Waals surface area contributed by atoms with Crippen LogP contribution < -0.4 is 0 Å². The molecular weight excluding hydrogens is 277 g/mol. The molecule has 2 nitrogen and oxygen atoms in total. The Labute approximate surface area is 109 Å². The Balaban J connectivity index is 2.17. The molecule has 0 amide bonds. The summed E-state index contributed by atoms with van der Waals surface area (Å²) in [5.41, 5.74) is 2.46. The van der Waals surface area contributed by atoms with Gasteiger partial charge in [0.25, 0.3) is 0 Å². The van der Waals surface area contributed by atoms with Crippen molar-refractivity contribution in [3.05, 3.63) is 35.4 Å². The van der Waals surface area contributed by atoms with Crippen molar-refractivity contribution >= 4 is 19.6 Å². The number of aliphatic imine (C=N–C) groups is 1. The van der Waals surface area contributed by atoms with E-state index >= 15 is 0 Å². The zero-order valence-electron chi connectivity index (χ0n) is 10.4. The first-order valence-electron chi connectivity index (χ1n) is 6.18. The van der Waals surface area contributed by atoms with Gasteiger partial charge in [0.2, 0.25) is 0 Å². The summed E-state index contributed by atoms with van der Waals surface area (Å²) in [6, 6.07) is 8.47. The van der Waals surface area contributed by atoms with Gasteiger partial charge in [-0.05, 0) is 0 Å². The Hall–Kier alpha value is -0.631. The number of hydrogen-bond acceptors (Lipinski definition) is 2. The van der Waals surface area contributed by atoms with E-state index in [2.05, 4.69) is 43.1 Å². The Bertz CT molecular complexity index is 399. The van der Waals surface area contributed by atoms with Gasteiger partial charge < -0.3 is 0 Å². The molecule has 3 heteroatoms. The van der Waals surface area contributed by atoms with Crippen LogP contribution in [0.5, 0.6) is 0 Å². The van der Waals surface area contributed by atoms with E-state index in [0.717, 1.165) is 11.0 Å². The van der Waals surface area contributed by atoms with E-state index in [-0.39, 0.29) is 0 Å². The number of aliphatic hydroxyl groups excluding tert-OH is 1. The van der Waals surface area contributed by atoms with Gasteiger partial charge in [-0.15, -0.1) is 0 Å². The van der Waals surface area contributed by atoms with E-state index in [1.807, 2.05) is 0 Å². The first kappa shape index (κ1) is 12.8. The molecule has 17 heavy (non-hydrogen) atoms. The van der Waals surface area contributed by atoms with Crippen LogP contribution in [0, 0.1) is 6.92 Å². The Morgan fingerprint density at radius 3 is 2.71 bits per heavy atom. The molecule has 1 aliphatic rings. The third-order valence-electron chi connectivity index (χ3n) is 2.93. The van der Waals surface area contributed by atoms with Gasteiger partial charge in [-0.3, -0.25) is 0 Å². The van der Waals surface area contributed by atoms with Crippen LogP contribution in [0.25, 0.3) is 0 Å². The van der Waals surface area contributed by atoms with Crippen molar-refractivity contribution in [2.75, 3.05) is 0 Å². The third kappa shape index (κ3) is 3.41. The van der Waals surface area contributed by atoms with Crippen LogP contribution in [0.4, 0.5) is 0 Å². The van der Waals surface area contributed by atoms with Crippen LogP contribution in [0.15, 0.2) is 29.3 Å². The molecule has 0 radical (unpaired) electrons. The Morgan fingerprint density at radius 1 is 1.35 bits per heavy atom. The summed E-state index contributed by atoms with van der Waals surface area (Å²) >= 11 is 0.407. The van der Waals surface area contributed by atoms with Crippen LogP contribution >= 0.6 is 0 Å². The second-order valence-electron chi connectivity index (χ2n) is 4.55. The first-order valence-corrected chi connectivity index (χ1v) is 8.03. The maximum absolute atomic E-state index is 9.82. The summed E-state index contributed by atoms with van der Waals surface area (Å²) in [6.07, 6.45) is 2.77. The van der Waals surface area contributed by atoms with Gasteiger partial charge in [-0.2, -0.15) is 0 Å². The molecule has 2 atom stereocenters. The van der Waals surface area contributed by atoms with Crippen LogP contribution in [-0.4, -0.2) is 30.9 Å². The van der Waals surface area contributed by atoms with Gasteiger partial charge in [0, 0.05) is 0 Å². The van der Waals surface area contributed by atoms with E-state index in [9.17, 15) is 5.11 Å². The van der Waals surface area contributed by atoms with Gasteiger partial charge in [0.05, 0.1) is 0 Å². The van der Waals surface area contributed by atoms with Crippen molar-refractivity contribution in [2.24, 2.45) is 4.99 Å². The molecule has 0 fully saturated rings. The number of hydrogen-bond donors (Lipinski definition) is 1. The van der Waals surface area contributed by atoms with Gasteiger partial charge in [0.1, 0.15) is 0 Å². The van der Waals surface area contributed by atoms with Gasteiger partial charge in [0.15, 0.2) is 0 Å². The average Bonchev–Trinajstić information content (AvgIpc) is 2.29. The molecule has 0 aromatic heterocycles. The molecule has 1 N–H and O–H groups in total. The molecule has 1 aliphatic heterocycles. The molecule has 1 aromatic rings. The summed E-state index contributed by atoms with van der Waals surface area (Å²) < 4.78 is 1.13. The van der Waals surface area contributed by atoms with Gasteiger partial charge in [-0.25, -0.2) is 0 Å². The third-order valence-corrected chi connectivity index (χ3v) is 5.71. The molecule has 0 saturated carbocycles. The second kappa shape index (κ2) is 5.81. The van der Waals surface area contributed by atoms with E-state index < -0.39 is 6.23 Å². The molecule has 1 aromatic carbocycles. The number of benzene rings is 1. The Morgan fingerprint density at radius 2 is 2.06 bits per heavy atom. The minimum atomic E-state index is -0.488. The van der Waals surface area contributed by atoms with Crippen molar-refractivity contribution in [2.45, 2.75) is 44.2 Å². The van der Waals surface area contributed by atoms with Crippen LogP contribution in [0.1, 0.15) is 37.3 Å². The molecule has 1 heterocycles. The summed E-state index contributed by atoms with van der Waals surface area (Å²) in [6.45, 7) is 4.30. The summed E-state index contributed by atoms with van der Waals surface area (Å²) in [7, 11) is 0. The van der Waals surface area contributed by atoms with Crippen LogP contribution in [0.3, 0.4) is 0 Å². The van der Waals surface area contributed by atoms with Crippen molar-refractivity contribution < 1.29 is 5.11 Å². The second-order valence-corrected chi connectivity index (χ2v) is 7.25. The van der Waals surface area contributed by atoms with Crippen molar-refractivity contribution in [3.8, 4) is 0 Å². The van der Waals surface area contributed by atoms with Gasteiger partial charge in [-0.1, -0.05) is 0 Å². The standard InChI is InChI=1S/C14H19NOSe/c1-3-4-12-9-13(16)15-14(17-12)11-7-5-10(2)6-8-11/h5-8,12-13,16H,3-4,9H2,1-2H3/t12-,13-/m1/s1. The molecule has 0 unspecified atom stereocenters. The van der Waals surface area contributed by atoms with Crippen molar-refractivity contribution in [3.63, 3.8) is 0 Å². The molecule has 2 rings (SSSR count). The fraction of sp³-hybridized carbons (Fsp3) is 0.500. The number of nitrogens with zero attached hydrogens (tertiary/aromatic N) is 1. The van der Waals surface area contributed by atoms with Crippen LogP contribution in [0.2, 0.25) is 4.82 Å². The summed E-state index contributed by atoms with van der Waals surface area (Å²) in [5, 5.41) is 9.82. The van der Waals surface area contributed by atoms with E-state index in [1.165, 1.54) is 24.0 Å². The number of aliphatic hydroxyl groups is 1. The minimum absolute atomic E-state index is 0.407. The summed E-state index contributed by atoms with van der Waals surface area (Å²) in [4.78, 5) is 5.06. The molecule has 0 spiro atoms. The molecule has 0 bridgehead atoms. The van der Waals surface area contributed by atoms with Crippen molar-refractivity contribution in [1.82, 2.24) is 0 Å². The van der Waals surface area contributed by atoms with E-state index in [4.69, 9.17) is 0 Å².